The normalized spacial score (nSPS) is 25.1. The number of hydrogen-bond donors (Lipinski definition) is 0. The molecule has 21 heavy (non-hydrogen) atoms. The molecule has 3 unspecified atom stereocenters. The fourth-order valence-electron chi connectivity index (χ4n) is 2.89. The lowest BCUT2D eigenvalue weighted by atomic mass is 10.0. The minimum atomic E-state index is -0.0350. The first-order valence-electron chi connectivity index (χ1n) is 7.99. The smallest absolute Gasteiger partial charge is 0.292 e. The van der Waals surface area contributed by atoms with Crippen LogP contribution in [0.15, 0.2) is 10.6 Å². The summed E-state index contributed by atoms with van der Waals surface area (Å²) < 4.78 is 5.28. The minimum absolute atomic E-state index is 0.0350. The molecule has 0 radical (unpaired) electrons. The zero-order valence-electron chi connectivity index (χ0n) is 13.8. The number of nitrogens with zero attached hydrogens (tertiary/aromatic N) is 3. The lowest BCUT2D eigenvalue weighted by Gasteiger charge is -2.43. The molecule has 0 bridgehead atoms. The van der Waals surface area contributed by atoms with Crippen molar-refractivity contribution in [2.24, 2.45) is 0 Å². The summed E-state index contributed by atoms with van der Waals surface area (Å²) in [6.45, 7) is 13.3. The van der Waals surface area contributed by atoms with Crippen molar-refractivity contribution in [1.82, 2.24) is 15.0 Å². The third kappa shape index (κ3) is 3.28. The van der Waals surface area contributed by atoms with Gasteiger partial charge >= 0.3 is 0 Å². The van der Waals surface area contributed by atoms with Crippen LogP contribution < -0.4 is 0 Å². The molecule has 1 aromatic rings. The molecule has 0 spiro atoms. The second-order valence-electron chi connectivity index (χ2n) is 6.17. The summed E-state index contributed by atoms with van der Waals surface area (Å²) in [6.07, 6.45) is 0.989. The van der Waals surface area contributed by atoms with Gasteiger partial charge in [-0.05, 0) is 26.8 Å². The quantitative estimate of drug-likeness (QED) is 0.856. The zero-order chi connectivity index (χ0) is 15.6. The van der Waals surface area contributed by atoms with E-state index in [-0.39, 0.29) is 11.9 Å². The van der Waals surface area contributed by atoms with Gasteiger partial charge in [-0.3, -0.25) is 9.69 Å². The number of likely N-dealkylation sites (N-methyl/N-ethyl adjacent to an activating group) is 1. The van der Waals surface area contributed by atoms with Crippen LogP contribution in [0, 0.1) is 0 Å². The summed E-state index contributed by atoms with van der Waals surface area (Å²) in [6, 6.07) is 2.39. The fraction of sp³-hybridized carbons (Fsp3) is 0.750. The van der Waals surface area contributed by atoms with Crippen LogP contribution in [0.25, 0.3) is 0 Å². The molecule has 0 N–H and O–H groups in total. The van der Waals surface area contributed by atoms with E-state index in [1.54, 1.807) is 6.07 Å². The first-order valence-corrected chi connectivity index (χ1v) is 7.99. The third-order valence-electron chi connectivity index (χ3n) is 4.64. The molecule has 1 aliphatic heterocycles. The van der Waals surface area contributed by atoms with Gasteiger partial charge in [0.15, 0.2) is 0 Å². The van der Waals surface area contributed by atoms with Crippen molar-refractivity contribution in [2.45, 2.75) is 59.0 Å². The zero-order valence-corrected chi connectivity index (χ0v) is 13.8. The molecule has 2 rings (SSSR count). The Kier molecular flexibility index (Phi) is 5.04. The van der Waals surface area contributed by atoms with Crippen LogP contribution in [0.1, 0.15) is 63.2 Å². The Balaban J connectivity index is 2.11. The maximum atomic E-state index is 12.6. The number of amides is 1. The predicted molar refractivity (Wildman–Crippen MR) is 82.4 cm³/mol. The first-order chi connectivity index (χ1) is 9.97. The van der Waals surface area contributed by atoms with Crippen LogP contribution >= 0.6 is 0 Å². The molecular weight excluding hydrogens is 266 g/mol. The first kappa shape index (κ1) is 16.0. The standard InChI is InChI=1S/C16H27N3O2/c1-6-11(3)14-8-15(21-17-14)16(20)19-10-12(4)18(7-2)9-13(19)5/h8,11-13H,6-7,9-10H2,1-5H3. The van der Waals surface area contributed by atoms with Crippen LogP contribution in [0.5, 0.6) is 0 Å². The summed E-state index contributed by atoms with van der Waals surface area (Å²) in [4.78, 5) is 17.0. The largest absolute Gasteiger partial charge is 0.351 e. The molecule has 5 heteroatoms. The van der Waals surface area contributed by atoms with Crippen molar-refractivity contribution in [2.75, 3.05) is 19.6 Å². The van der Waals surface area contributed by atoms with E-state index in [9.17, 15) is 4.79 Å². The number of hydrogen-bond acceptors (Lipinski definition) is 4. The lowest BCUT2D eigenvalue weighted by molar-refractivity contribution is 0.0303. The van der Waals surface area contributed by atoms with Gasteiger partial charge in [0.1, 0.15) is 0 Å². The summed E-state index contributed by atoms with van der Waals surface area (Å²) in [7, 11) is 0. The number of aromatic nitrogens is 1. The highest BCUT2D eigenvalue weighted by Crippen LogP contribution is 2.21. The molecule has 1 aliphatic rings. The summed E-state index contributed by atoms with van der Waals surface area (Å²) in [5.41, 5.74) is 0.869. The number of rotatable bonds is 4. The van der Waals surface area contributed by atoms with Gasteiger partial charge in [0.2, 0.25) is 5.76 Å². The van der Waals surface area contributed by atoms with Gasteiger partial charge < -0.3 is 9.42 Å². The monoisotopic (exact) mass is 293 g/mol. The number of carbonyl (C=O) groups is 1. The molecular formula is C16H27N3O2. The van der Waals surface area contributed by atoms with Crippen LogP contribution in [0.3, 0.4) is 0 Å². The van der Waals surface area contributed by atoms with Crippen molar-refractivity contribution >= 4 is 5.91 Å². The van der Waals surface area contributed by atoms with Gasteiger partial charge in [-0.1, -0.05) is 25.9 Å². The fourth-order valence-corrected chi connectivity index (χ4v) is 2.89. The van der Waals surface area contributed by atoms with Crippen LogP contribution in [0.2, 0.25) is 0 Å². The lowest BCUT2D eigenvalue weighted by Crippen LogP contribution is -2.57. The molecule has 1 aromatic heterocycles. The Hall–Kier alpha value is -1.36. The van der Waals surface area contributed by atoms with E-state index in [1.165, 1.54) is 0 Å². The molecule has 1 fully saturated rings. The molecule has 0 aromatic carbocycles. The second-order valence-corrected chi connectivity index (χ2v) is 6.17. The van der Waals surface area contributed by atoms with Gasteiger partial charge in [0, 0.05) is 37.2 Å². The molecule has 118 valence electrons. The maximum Gasteiger partial charge on any atom is 0.292 e. The minimum Gasteiger partial charge on any atom is -0.351 e. The Morgan fingerprint density at radius 3 is 2.71 bits per heavy atom. The van der Waals surface area contributed by atoms with Crippen molar-refractivity contribution in [3.63, 3.8) is 0 Å². The molecule has 2 heterocycles. The van der Waals surface area contributed by atoms with Crippen molar-refractivity contribution in [1.29, 1.82) is 0 Å². The van der Waals surface area contributed by atoms with Gasteiger partial charge in [0.05, 0.1) is 5.69 Å². The molecule has 3 atom stereocenters. The van der Waals surface area contributed by atoms with Crippen molar-refractivity contribution < 1.29 is 9.32 Å². The van der Waals surface area contributed by atoms with Gasteiger partial charge in [-0.2, -0.15) is 0 Å². The van der Waals surface area contributed by atoms with Crippen molar-refractivity contribution in [3.05, 3.63) is 17.5 Å². The van der Waals surface area contributed by atoms with Gasteiger partial charge in [0.25, 0.3) is 5.91 Å². The van der Waals surface area contributed by atoms with E-state index in [4.69, 9.17) is 4.52 Å². The molecule has 1 amide bonds. The maximum absolute atomic E-state index is 12.6. The SMILES string of the molecule is CCC(C)c1cc(C(=O)N2CC(C)N(CC)CC2C)on1. The van der Waals surface area contributed by atoms with Crippen molar-refractivity contribution in [3.8, 4) is 0 Å². The highest BCUT2D eigenvalue weighted by molar-refractivity contribution is 5.91. The summed E-state index contributed by atoms with van der Waals surface area (Å²) in [5.74, 6) is 0.657. The highest BCUT2D eigenvalue weighted by Gasteiger charge is 2.33. The molecule has 0 aliphatic carbocycles. The Morgan fingerprint density at radius 1 is 1.38 bits per heavy atom. The van der Waals surface area contributed by atoms with Gasteiger partial charge in [-0.25, -0.2) is 0 Å². The Labute approximate surface area is 127 Å². The average molecular weight is 293 g/mol. The van der Waals surface area contributed by atoms with E-state index in [0.29, 0.717) is 17.7 Å². The van der Waals surface area contributed by atoms with E-state index < -0.39 is 0 Å². The number of carbonyl (C=O) groups excluding carboxylic acids is 1. The second kappa shape index (κ2) is 6.60. The molecule has 5 nitrogen and oxygen atoms in total. The number of piperazine rings is 1. The highest BCUT2D eigenvalue weighted by atomic mass is 16.5. The summed E-state index contributed by atoms with van der Waals surface area (Å²) >= 11 is 0. The van der Waals surface area contributed by atoms with Crippen LogP contribution in [-0.2, 0) is 0 Å². The Bertz CT molecular complexity index is 486. The van der Waals surface area contributed by atoms with E-state index in [0.717, 1.165) is 31.7 Å². The predicted octanol–water partition coefficient (Wildman–Crippen LogP) is 2.74. The van der Waals surface area contributed by atoms with Crippen LogP contribution in [0.4, 0.5) is 0 Å². The summed E-state index contributed by atoms with van der Waals surface area (Å²) in [5, 5.41) is 4.05. The van der Waals surface area contributed by atoms with E-state index >= 15 is 0 Å². The average Bonchev–Trinajstić information content (AvgIpc) is 2.97. The van der Waals surface area contributed by atoms with E-state index in [2.05, 4.69) is 44.7 Å². The van der Waals surface area contributed by atoms with E-state index in [1.807, 2.05) is 4.90 Å². The topological polar surface area (TPSA) is 49.6 Å². The molecule has 1 saturated heterocycles. The van der Waals surface area contributed by atoms with Gasteiger partial charge in [-0.15, -0.1) is 0 Å². The van der Waals surface area contributed by atoms with Crippen LogP contribution in [-0.4, -0.2) is 52.6 Å². The third-order valence-corrected chi connectivity index (χ3v) is 4.64. The molecule has 0 saturated carbocycles. The Morgan fingerprint density at radius 2 is 2.10 bits per heavy atom.